The second-order valence-corrected chi connectivity index (χ2v) is 7.67. The van der Waals surface area contributed by atoms with Gasteiger partial charge in [-0.15, -0.1) is 11.3 Å². The average molecular weight is 433 g/mol. The number of amides is 3. The predicted octanol–water partition coefficient (Wildman–Crippen LogP) is 3.73. The molecule has 0 spiro atoms. The molecule has 0 unspecified atom stereocenters. The summed E-state index contributed by atoms with van der Waals surface area (Å²) >= 11 is 2.16. The van der Waals surface area contributed by atoms with Gasteiger partial charge in [-0.3, -0.25) is 29.4 Å². The Kier molecular flexibility index (Phi) is 6.29. The second-order valence-electron chi connectivity index (χ2n) is 5.70. The number of hydrogen-bond acceptors (Lipinski definition) is 8. The summed E-state index contributed by atoms with van der Waals surface area (Å²) in [6.45, 7) is 1.53. The number of anilines is 1. The van der Waals surface area contributed by atoms with Gasteiger partial charge in [0.2, 0.25) is 5.91 Å². The molecule has 1 saturated heterocycles. The molecule has 29 heavy (non-hydrogen) atoms. The number of benzene rings is 1. The van der Waals surface area contributed by atoms with Gasteiger partial charge in [0.05, 0.1) is 22.5 Å². The number of thioether (sulfide) groups is 1. The summed E-state index contributed by atoms with van der Waals surface area (Å²) in [5.74, 6) is -1.01. The van der Waals surface area contributed by atoms with Crippen LogP contribution in [0.4, 0.5) is 16.2 Å². The smallest absolute Gasteiger partial charge is 0.296 e. The van der Waals surface area contributed by atoms with Crippen molar-refractivity contribution in [2.45, 2.75) is 6.92 Å². The first kappa shape index (κ1) is 20.6. The van der Waals surface area contributed by atoms with Gasteiger partial charge in [0.25, 0.3) is 16.8 Å². The summed E-state index contributed by atoms with van der Waals surface area (Å²) in [5.41, 5.74) is -0.402. The highest BCUT2D eigenvalue weighted by atomic mass is 32.2. The molecule has 1 fully saturated rings. The number of ether oxygens (including phenoxy) is 1. The van der Waals surface area contributed by atoms with E-state index in [9.17, 15) is 24.5 Å². The largest absolute Gasteiger partial charge is 0.494 e. The molecule has 1 N–H and O–H groups in total. The molecule has 1 aromatic carbocycles. The molecule has 1 aliphatic heterocycles. The molecule has 0 aliphatic carbocycles. The van der Waals surface area contributed by atoms with E-state index in [1.54, 1.807) is 19.1 Å². The molecule has 2 heterocycles. The Morgan fingerprint density at radius 3 is 2.79 bits per heavy atom. The van der Waals surface area contributed by atoms with Crippen molar-refractivity contribution in [3.8, 4) is 5.75 Å². The Labute approximate surface area is 173 Å². The van der Waals surface area contributed by atoms with Gasteiger partial charge in [-0.25, -0.2) is 0 Å². The molecule has 3 amide bonds. The summed E-state index contributed by atoms with van der Waals surface area (Å²) in [7, 11) is 0. The number of thiophene rings is 1. The summed E-state index contributed by atoms with van der Waals surface area (Å²) in [6, 6.07) is 7.64. The average Bonchev–Trinajstić information content (AvgIpc) is 3.27. The fourth-order valence-electron chi connectivity index (χ4n) is 2.50. The zero-order chi connectivity index (χ0) is 21.0. The SMILES string of the molecule is CCOc1ccc(NC(=O)CN2C(=O)S/C(=C\c3cccs3)C2=O)c([N+](=O)[O-])c1. The van der Waals surface area contributed by atoms with Crippen LogP contribution in [0.25, 0.3) is 6.08 Å². The fourth-order valence-corrected chi connectivity index (χ4v) is 4.06. The van der Waals surface area contributed by atoms with Crippen LogP contribution in [0.15, 0.2) is 40.6 Å². The van der Waals surface area contributed by atoms with Gasteiger partial charge < -0.3 is 10.1 Å². The summed E-state index contributed by atoms with van der Waals surface area (Å²) in [5, 5.41) is 14.9. The minimum Gasteiger partial charge on any atom is -0.494 e. The lowest BCUT2D eigenvalue weighted by Crippen LogP contribution is -2.36. The van der Waals surface area contributed by atoms with E-state index < -0.39 is 28.5 Å². The molecule has 1 aliphatic rings. The molecule has 0 radical (unpaired) electrons. The number of rotatable bonds is 7. The highest BCUT2D eigenvalue weighted by molar-refractivity contribution is 8.18. The Hall–Kier alpha value is -3.18. The minimum atomic E-state index is -0.725. The molecule has 150 valence electrons. The zero-order valence-corrected chi connectivity index (χ0v) is 16.7. The minimum absolute atomic E-state index is 0.0513. The Morgan fingerprint density at radius 2 is 2.14 bits per heavy atom. The standard InChI is InChI=1S/C18H15N3O6S2/c1-2-27-11-5-6-13(14(8-11)21(25)26)19-16(22)10-20-17(23)15(29-18(20)24)9-12-4-3-7-28-12/h3-9H,2,10H2,1H3,(H,19,22)/b15-9-. The lowest BCUT2D eigenvalue weighted by molar-refractivity contribution is -0.384. The zero-order valence-electron chi connectivity index (χ0n) is 15.1. The Bertz CT molecular complexity index is 1000. The van der Waals surface area contributed by atoms with E-state index in [2.05, 4.69) is 5.32 Å². The highest BCUT2D eigenvalue weighted by Crippen LogP contribution is 2.33. The molecule has 9 nitrogen and oxygen atoms in total. The molecular weight excluding hydrogens is 418 g/mol. The number of nitrogens with zero attached hydrogens (tertiary/aromatic N) is 2. The van der Waals surface area contributed by atoms with Crippen molar-refractivity contribution in [1.82, 2.24) is 4.90 Å². The van der Waals surface area contributed by atoms with Crippen molar-refractivity contribution in [2.24, 2.45) is 0 Å². The third-order valence-corrected chi connectivity index (χ3v) is 5.47. The van der Waals surface area contributed by atoms with Gasteiger partial charge in [-0.1, -0.05) is 6.07 Å². The normalized spacial score (nSPS) is 15.1. The van der Waals surface area contributed by atoms with Gasteiger partial charge in [0.1, 0.15) is 18.0 Å². The summed E-state index contributed by atoms with van der Waals surface area (Å²) < 4.78 is 5.22. The molecule has 0 atom stereocenters. The Morgan fingerprint density at radius 1 is 1.34 bits per heavy atom. The number of nitro groups is 1. The van der Waals surface area contributed by atoms with E-state index in [1.807, 2.05) is 11.4 Å². The van der Waals surface area contributed by atoms with E-state index in [-0.39, 0.29) is 16.3 Å². The van der Waals surface area contributed by atoms with Crippen molar-refractivity contribution in [3.63, 3.8) is 0 Å². The number of carbonyl (C=O) groups excluding carboxylic acids is 3. The van der Waals surface area contributed by atoms with E-state index in [0.29, 0.717) is 12.4 Å². The lowest BCUT2D eigenvalue weighted by atomic mass is 10.2. The van der Waals surface area contributed by atoms with Crippen molar-refractivity contribution >= 4 is 57.6 Å². The molecule has 0 bridgehead atoms. The monoisotopic (exact) mass is 433 g/mol. The molecule has 1 aromatic heterocycles. The highest BCUT2D eigenvalue weighted by Gasteiger charge is 2.36. The molecule has 0 saturated carbocycles. The van der Waals surface area contributed by atoms with Crippen LogP contribution in [-0.4, -0.2) is 40.0 Å². The molecule has 3 rings (SSSR count). The Balaban J connectivity index is 1.72. The van der Waals surface area contributed by atoms with Gasteiger partial charge >= 0.3 is 0 Å². The number of carbonyl (C=O) groups is 3. The third-order valence-electron chi connectivity index (χ3n) is 3.74. The van der Waals surface area contributed by atoms with Crippen LogP contribution in [0.3, 0.4) is 0 Å². The molecular formula is C18H15N3O6S2. The number of nitro benzene ring substituents is 1. The van der Waals surface area contributed by atoms with Crippen LogP contribution in [0, 0.1) is 10.1 Å². The fraction of sp³-hybridized carbons (Fsp3) is 0.167. The third kappa shape index (κ3) is 4.81. The van der Waals surface area contributed by atoms with Crippen molar-refractivity contribution in [1.29, 1.82) is 0 Å². The van der Waals surface area contributed by atoms with E-state index in [1.165, 1.54) is 29.5 Å². The summed E-state index contributed by atoms with van der Waals surface area (Å²) in [6.07, 6.45) is 1.59. The maximum Gasteiger partial charge on any atom is 0.296 e. The number of nitrogens with one attached hydrogen (secondary N) is 1. The van der Waals surface area contributed by atoms with E-state index >= 15 is 0 Å². The molecule has 11 heteroatoms. The summed E-state index contributed by atoms with van der Waals surface area (Å²) in [4.78, 5) is 49.4. The first-order valence-electron chi connectivity index (χ1n) is 8.39. The topological polar surface area (TPSA) is 119 Å². The van der Waals surface area contributed by atoms with Crippen LogP contribution in [-0.2, 0) is 9.59 Å². The number of imide groups is 1. The van der Waals surface area contributed by atoms with E-state index in [4.69, 9.17) is 4.74 Å². The lowest BCUT2D eigenvalue weighted by Gasteiger charge is -2.13. The maximum absolute atomic E-state index is 12.4. The van der Waals surface area contributed by atoms with Crippen LogP contribution in [0.1, 0.15) is 11.8 Å². The van der Waals surface area contributed by atoms with Gasteiger partial charge in [0.15, 0.2) is 0 Å². The van der Waals surface area contributed by atoms with Crippen LogP contribution in [0.5, 0.6) is 5.75 Å². The quantitative estimate of drug-likeness (QED) is 0.401. The van der Waals surface area contributed by atoms with Crippen LogP contribution in [0.2, 0.25) is 0 Å². The van der Waals surface area contributed by atoms with Crippen molar-refractivity contribution < 1.29 is 24.0 Å². The van der Waals surface area contributed by atoms with E-state index in [0.717, 1.165) is 21.5 Å². The van der Waals surface area contributed by atoms with Gasteiger partial charge in [-0.05, 0) is 48.3 Å². The molecule has 2 aromatic rings. The van der Waals surface area contributed by atoms with Crippen LogP contribution >= 0.6 is 23.1 Å². The van der Waals surface area contributed by atoms with Crippen molar-refractivity contribution in [3.05, 3.63) is 55.6 Å². The van der Waals surface area contributed by atoms with Crippen molar-refractivity contribution in [2.75, 3.05) is 18.5 Å². The maximum atomic E-state index is 12.4. The van der Waals surface area contributed by atoms with Gasteiger partial charge in [-0.2, -0.15) is 0 Å². The van der Waals surface area contributed by atoms with Gasteiger partial charge in [0, 0.05) is 4.88 Å². The second kappa shape index (κ2) is 8.88. The first-order valence-corrected chi connectivity index (χ1v) is 10.1. The first-order chi connectivity index (χ1) is 13.9. The predicted molar refractivity (Wildman–Crippen MR) is 110 cm³/mol. The van der Waals surface area contributed by atoms with Crippen LogP contribution < -0.4 is 10.1 Å². The number of hydrogen-bond donors (Lipinski definition) is 1.